The Hall–Kier alpha value is -6.39. The fourth-order valence-corrected chi connectivity index (χ4v) is 10.2. The summed E-state index contributed by atoms with van der Waals surface area (Å²) in [5.74, 6) is -20.0. The molecule has 0 spiro atoms. The number of benzene rings is 6. The van der Waals surface area contributed by atoms with Crippen LogP contribution in [0.15, 0.2) is 121 Å². The number of rotatable bonds is 14. The predicted octanol–water partition coefficient (Wildman–Crippen LogP) is 18.7. The summed E-state index contributed by atoms with van der Waals surface area (Å²) in [6.07, 6.45) is -4.93. The van der Waals surface area contributed by atoms with Crippen LogP contribution in [-0.2, 0) is 34.4 Å². The second-order valence-electron chi connectivity index (χ2n) is 19.0. The zero-order valence-corrected chi connectivity index (χ0v) is 45.5. The lowest BCUT2D eigenvalue weighted by Crippen LogP contribution is -2.41. The summed E-state index contributed by atoms with van der Waals surface area (Å²) in [6.45, 7) is 11.1. The Morgan fingerprint density at radius 2 is 0.787 bits per heavy atom. The lowest BCUT2D eigenvalue weighted by Gasteiger charge is -2.32. The van der Waals surface area contributed by atoms with Gasteiger partial charge in [-0.3, -0.25) is 0 Å². The number of hydrogen-bond donors (Lipinski definition) is 0. The molecule has 0 amide bonds. The summed E-state index contributed by atoms with van der Waals surface area (Å²) in [4.78, 5) is 5.05. The van der Waals surface area contributed by atoms with Crippen molar-refractivity contribution in [2.75, 3.05) is 0 Å². The SMILES string of the molecule is CC1(C)OB(c2cc(F)c(C(F)(F)Oc3cc(F)c(F)c(F)c3)c(F)c2)OC1(C)C.CCCc1ccc(-c2ccc(-c3cc(F)c(C(F)(F)Oc4cc(F)c(F)c(F)c4)c(F)c3)cc2)s1.CCCc1ccc(-c2ccc(Cl)cc2)s1. The van der Waals surface area contributed by atoms with E-state index in [1.807, 2.05) is 35.6 Å². The number of ether oxygens (including phenoxy) is 2. The summed E-state index contributed by atoms with van der Waals surface area (Å²) in [5.41, 5.74) is -2.87. The maximum atomic E-state index is 14.6. The summed E-state index contributed by atoms with van der Waals surface area (Å²) in [5, 5.41) is 0.795. The van der Waals surface area contributed by atoms with Gasteiger partial charge in [0, 0.05) is 48.8 Å². The van der Waals surface area contributed by atoms with Crippen molar-refractivity contribution in [2.24, 2.45) is 0 Å². The minimum atomic E-state index is -4.67. The minimum Gasteiger partial charge on any atom is -0.429 e. The smallest absolute Gasteiger partial charge is 0.429 e. The van der Waals surface area contributed by atoms with Gasteiger partial charge in [-0.2, -0.15) is 17.6 Å². The fraction of sp³-hybridized carbons (Fsp3) is 0.241. The molecule has 22 heteroatoms. The molecule has 9 rings (SSSR count). The molecule has 1 fully saturated rings. The first-order chi connectivity index (χ1) is 37.5. The van der Waals surface area contributed by atoms with Crippen LogP contribution < -0.4 is 14.9 Å². The van der Waals surface area contributed by atoms with Crippen LogP contribution >= 0.6 is 34.3 Å². The standard InChI is InChI=1S/C26H17F7OS.C19H16BF7O3.C13H13ClS/c1-2-3-18-8-9-23(35-18)15-6-4-14(5-7-15)16-10-19(27)24(20(28)11-16)26(32,33)34-17-12-21(29)25(31)22(30)13-17;1-17(2)18(3,4)30-20(29-17)9-5-11(21)15(12(22)6-9)19(26,27)28-10-7-13(23)16(25)14(24)8-10;1-2-3-12-8-9-13(15-12)10-4-6-11(14)7-5-10/h4-13H,2-3H2,1H3;5-8H,1-4H3;4-9H,2-3H2,1H3. The third-order valence-corrected chi connectivity index (χ3v) is 15.2. The molecule has 0 atom stereocenters. The van der Waals surface area contributed by atoms with E-state index < -0.39 is 111 Å². The van der Waals surface area contributed by atoms with Crippen molar-refractivity contribution in [3.63, 3.8) is 0 Å². The molecule has 1 aliphatic rings. The molecule has 8 aromatic rings. The lowest BCUT2D eigenvalue weighted by atomic mass is 9.78. The van der Waals surface area contributed by atoms with Crippen molar-refractivity contribution in [1.29, 1.82) is 0 Å². The van der Waals surface area contributed by atoms with Gasteiger partial charge >= 0.3 is 19.3 Å². The number of halogens is 15. The highest BCUT2D eigenvalue weighted by Crippen LogP contribution is 2.41. The van der Waals surface area contributed by atoms with Gasteiger partial charge in [0.05, 0.1) is 11.2 Å². The first kappa shape index (κ1) is 61.2. The Morgan fingerprint density at radius 1 is 0.450 bits per heavy atom. The molecule has 1 aliphatic heterocycles. The van der Waals surface area contributed by atoms with Gasteiger partial charge in [-0.1, -0.05) is 74.7 Å². The quantitative estimate of drug-likeness (QED) is 0.0618. The Kier molecular flexibility index (Phi) is 19.0. The van der Waals surface area contributed by atoms with E-state index in [1.54, 1.807) is 63.3 Å². The molecule has 6 aromatic carbocycles. The van der Waals surface area contributed by atoms with Gasteiger partial charge in [-0.25, -0.2) is 43.9 Å². The van der Waals surface area contributed by atoms with E-state index in [2.05, 4.69) is 47.6 Å². The van der Waals surface area contributed by atoms with Crippen molar-refractivity contribution >= 4 is 46.9 Å². The number of thiophene rings is 2. The van der Waals surface area contributed by atoms with Crippen LogP contribution in [0.5, 0.6) is 11.5 Å². The highest BCUT2D eigenvalue weighted by Gasteiger charge is 2.53. The molecule has 3 heterocycles. The zero-order valence-electron chi connectivity index (χ0n) is 43.1. The van der Waals surface area contributed by atoms with Gasteiger partial charge in [0.15, 0.2) is 34.9 Å². The summed E-state index contributed by atoms with van der Waals surface area (Å²) in [6, 6.07) is 26.4. The van der Waals surface area contributed by atoms with E-state index in [4.69, 9.17) is 20.9 Å². The highest BCUT2D eigenvalue weighted by molar-refractivity contribution is 7.15. The van der Waals surface area contributed by atoms with Crippen LogP contribution in [0.1, 0.15) is 75.3 Å². The van der Waals surface area contributed by atoms with Crippen LogP contribution in [0.2, 0.25) is 5.02 Å². The molecule has 4 nitrogen and oxygen atoms in total. The third-order valence-electron chi connectivity index (χ3n) is 12.6. The summed E-state index contributed by atoms with van der Waals surface area (Å²) < 4.78 is 214. The monoisotopic (exact) mass is 1180 g/mol. The molecule has 0 unspecified atom stereocenters. The molecular weight excluding hydrogens is 1140 g/mol. The number of hydrogen-bond acceptors (Lipinski definition) is 6. The highest BCUT2D eigenvalue weighted by atomic mass is 35.5. The van der Waals surface area contributed by atoms with Gasteiger partial charge in [-0.05, 0) is 129 Å². The van der Waals surface area contributed by atoms with Crippen LogP contribution in [0.4, 0.5) is 61.5 Å². The van der Waals surface area contributed by atoms with Crippen LogP contribution in [0.3, 0.4) is 0 Å². The first-order valence-electron chi connectivity index (χ1n) is 24.3. The van der Waals surface area contributed by atoms with Crippen molar-refractivity contribution in [3.8, 4) is 43.5 Å². The van der Waals surface area contributed by atoms with Crippen LogP contribution in [0.25, 0.3) is 32.0 Å². The van der Waals surface area contributed by atoms with E-state index in [0.29, 0.717) is 29.8 Å². The predicted molar refractivity (Wildman–Crippen MR) is 282 cm³/mol. The van der Waals surface area contributed by atoms with E-state index in [0.717, 1.165) is 28.3 Å². The van der Waals surface area contributed by atoms with Crippen molar-refractivity contribution < 1.29 is 80.2 Å². The molecule has 1 saturated heterocycles. The van der Waals surface area contributed by atoms with E-state index in [9.17, 15) is 61.5 Å². The normalized spacial score (nSPS) is 13.8. The van der Waals surface area contributed by atoms with E-state index in [1.165, 1.54) is 33.0 Å². The Bertz CT molecular complexity index is 3370. The van der Waals surface area contributed by atoms with E-state index >= 15 is 0 Å². The molecule has 0 saturated carbocycles. The maximum absolute atomic E-state index is 14.6. The van der Waals surface area contributed by atoms with Gasteiger partial charge in [-0.15, -0.1) is 22.7 Å². The van der Waals surface area contributed by atoms with E-state index in [-0.39, 0.29) is 35.3 Å². The molecule has 0 radical (unpaired) electrons. The summed E-state index contributed by atoms with van der Waals surface area (Å²) in [7, 11) is -1.22. The van der Waals surface area contributed by atoms with Gasteiger partial charge < -0.3 is 18.8 Å². The van der Waals surface area contributed by atoms with Gasteiger partial charge in [0.1, 0.15) is 45.9 Å². The molecular formula is C58H46BClF14O4S2. The molecule has 422 valence electrons. The van der Waals surface area contributed by atoms with Crippen LogP contribution in [-0.4, -0.2) is 18.3 Å². The van der Waals surface area contributed by atoms with Gasteiger partial charge in [0.2, 0.25) is 0 Å². The van der Waals surface area contributed by atoms with Crippen molar-refractivity contribution in [2.45, 2.75) is 90.6 Å². The van der Waals surface area contributed by atoms with Crippen molar-refractivity contribution in [1.82, 2.24) is 0 Å². The number of aryl methyl sites for hydroxylation is 2. The third kappa shape index (κ3) is 14.2. The first-order valence-corrected chi connectivity index (χ1v) is 26.4. The van der Waals surface area contributed by atoms with Gasteiger partial charge in [0.25, 0.3) is 0 Å². The molecule has 0 bridgehead atoms. The molecule has 0 aliphatic carbocycles. The second-order valence-corrected chi connectivity index (χ2v) is 21.8. The fourth-order valence-electron chi connectivity index (χ4n) is 7.85. The molecule has 80 heavy (non-hydrogen) atoms. The molecule has 0 N–H and O–H groups in total. The van der Waals surface area contributed by atoms with Crippen molar-refractivity contribution in [3.05, 3.63) is 205 Å². The Morgan fingerprint density at radius 3 is 1.15 bits per heavy atom. The van der Waals surface area contributed by atoms with Crippen LogP contribution in [0, 0.1) is 58.2 Å². The second kappa shape index (κ2) is 24.8. The summed E-state index contributed by atoms with van der Waals surface area (Å²) >= 11 is 9.37. The Labute approximate surface area is 464 Å². The molecule has 2 aromatic heterocycles. The average Bonchev–Trinajstić information content (AvgIpc) is 4.10. The zero-order chi connectivity index (χ0) is 58.6. The minimum absolute atomic E-state index is 0.00261. The lowest BCUT2D eigenvalue weighted by molar-refractivity contribution is -0.190. The maximum Gasteiger partial charge on any atom is 0.495 e. The number of alkyl halides is 4. The average molecular weight is 1180 g/mol. The Balaban J connectivity index is 0.000000186. The topological polar surface area (TPSA) is 36.9 Å². The largest absolute Gasteiger partial charge is 0.495 e.